The molecule has 0 radical (unpaired) electrons. The van der Waals surface area contributed by atoms with Crippen molar-refractivity contribution in [3.63, 3.8) is 0 Å². The number of rotatable bonds is 3. The van der Waals surface area contributed by atoms with E-state index in [0.717, 1.165) is 37.7 Å². The molecular formula is C50H26F3N3O2. The van der Waals surface area contributed by atoms with Crippen LogP contribution in [-0.4, -0.2) is 9.13 Å². The Kier molecular flexibility index (Phi) is 6.52. The lowest BCUT2D eigenvalue weighted by Gasteiger charge is -2.24. The van der Waals surface area contributed by atoms with Crippen molar-refractivity contribution in [1.82, 2.24) is 9.13 Å². The Labute approximate surface area is 326 Å². The van der Waals surface area contributed by atoms with E-state index in [1.54, 1.807) is 45.5 Å². The molecule has 0 saturated carbocycles. The van der Waals surface area contributed by atoms with Crippen molar-refractivity contribution in [3.05, 3.63) is 169 Å². The summed E-state index contributed by atoms with van der Waals surface area (Å²) in [5.74, 6) is 0. The first-order chi connectivity index (χ1) is 28.4. The molecule has 0 atom stereocenters. The summed E-state index contributed by atoms with van der Waals surface area (Å²) < 4.78 is 66.7. The minimum atomic E-state index is -4.89. The maximum atomic E-state index is 16.8. The van der Waals surface area contributed by atoms with Crippen molar-refractivity contribution in [2.24, 2.45) is 0 Å². The quantitative estimate of drug-likeness (QED) is 0.180. The maximum absolute atomic E-state index is 16.8. The number of halogens is 3. The molecule has 12 rings (SSSR count). The molecule has 0 bridgehead atoms. The first kappa shape index (κ1) is 32.5. The van der Waals surface area contributed by atoms with E-state index in [1.807, 2.05) is 121 Å². The minimum absolute atomic E-state index is 0.0400. The number of benzene rings is 8. The fourth-order valence-electron chi connectivity index (χ4n) is 9.28. The normalized spacial score (nSPS) is 12.4. The summed E-state index contributed by atoms with van der Waals surface area (Å²) in [6, 6.07) is 50.3. The zero-order valence-electron chi connectivity index (χ0n) is 30.3. The van der Waals surface area contributed by atoms with E-state index in [9.17, 15) is 5.26 Å². The zero-order chi connectivity index (χ0) is 38.9. The molecule has 0 aliphatic rings. The lowest BCUT2D eigenvalue weighted by Crippen LogP contribution is -2.17. The van der Waals surface area contributed by atoms with Gasteiger partial charge in [-0.25, -0.2) is 0 Å². The van der Waals surface area contributed by atoms with Gasteiger partial charge in [-0.15, -0.1) is 0 Å². The van der Waals surface area contributed by atoms with Crippen LogP contribution in [0.3, 0.4) is 0 Å². The smallest absolute Gasteiger partial charge is 0.420 e. The third-order valence-corrected chi connectivity index (χ3v) is 11.6. The van der Waals surface area contributed by atoms with Gasteiger partial charge < -0.3 is 18.0 Å². The van der Waals surface area contributed by atoms with Gasteiger partial charge in [-0.3, -0.25) is 0 Å². The monoisotopic (exact) mass is 757 g/mol. The topological polar surface area (TPSA) is 59.9 Å². The lowest BCUT2D eigenvalue weighted by atomic mass is 9.96. The van der Waals surface area contributed by atoms with Gasteiger partial charge >= 0.3 is 6.18 Å². The minimum Gasteiger partial charge on any atom is -0.456 e. The first-order valence-corrected chi connectivity index (χ1v) is 18.8. The highest BCUT2D eigenvalue weighted by atomic mass is 19.4. The molecule has 274 valence electrons. The Morgan fingerprint density at radius 2 is 1.02 bits per heavy atom. The summed E-state index contributed by atoms with van der Waals surface area (Å²) in [5, 5.41) is 16.2. The molecule has 0 aliphatic carbocycles. The Hall–Kier alpha value is -7.76. The Balaban J connectivity index is 1.35. The molecule has 0 unspecified atom stereocenters. The standard InChI is InChI=1S/C50H26F3N3O2/c51-50(52,53)46-39(55-37-16-5-1-12-31(37)33-21-24-42-44(47(33)55)35-14-3-7-18-40(35)57-42)23-20-30(29-11-9-10-28(26-29)27-54)49(46)56-38-17-6-2-13-32(38)34-22-25-43-45(48(34)56)36-15-4-8-19-41(36)58-43/h1-26H. The summed E-state index contributed by atoms with van der Waals surface area (Å²) in [7, 11) is 0. The first-order valence-electron chi connectivity index (χ1n) is 18.8. The summed E-state index contributed by atoms with van der Waals surface area (Å²) in [4.78, 5) is 0. The number of fused-ring (bicyclic) bond motifs is 14. The second-order valence-corrected chi connectivity index (χ2v) is 14.6. The summed E-state index contributed by atoms with van der Waals surface area (Å²) in [5.41, 5.74) is 5.06. The maximum Gasteiger partial charge on any atom is 0.420 e. The van der Waals surface area contributed by atoms with E-state index in [-0.39, 0.29) is 11.4 Å². The largest absolute Gasteiger partial charge is 0.456 e. The van der Waals surface area contributed by atoms with Gasteiger partial charge in [0.2, 0.25) is 0 Å². The van der Waals surface area contributed by atoms with Gasteiger partial charge in [-0.2, -0.15) is 18.4 Å². The number of alkyl halides is 3. The van der Waals surface area contributed by atoms with E-state index in [4.69, 9.17) is 8.83 Å². The van der Waals surface area contributed by atoms with Crippen molar-refractivity contribution >= 4 is 87.5 Å². The number of furan rings is 2. The fourth-order valence-corrected chi connectivity index (χ4v) is 9.28. The number of para-hydroxylation sites is 4. The molecule has 5 nitrogen and oxygen atoms in total. The number of hydrogen-bond donors (Lipinski definition) is 0. The van der Waals surface area contributed by atoms with Crippen molar-refractivity contribution < 1.29 is 22.0 Å². The van der Waals surface area contributed by atoms with Crippen LogP contribution in [0.15, 0.2) is 167 Å². The lowest BCUT2D eigenvalue weighted by molar-refractivity contribution is -0.137. The van der Waals surface area contributed by atoms with Gasteiger partial charge in [0.25, 0.3) is 0 Å². The average Bonchev–Trinajstić information content (AvgIpc) is 4.00. The number of nitrogens with zero attached hydrogens (tertiary/aromatic N) is 3. The van der Waals surface area contributed by atoms with E-state index in [1.165, 1.54) is 0 Å². The van der Waals surface area contributed by atoms with Gasteiger partial charge in [0, 0.05) is 37.9 Å². The van der Waals surface area contributed by atoms with Crippen LogP contribution in [0.4, 0.5) is 13.2 Å². The predicted octanol–water partition coefficient (Wildman–Crippen LogP) is 14.2. The molecule has 58 heavy (non-hydrogen) atoms. The fraction of sp³-hybridized carbons (Fsp3) is 0.0200. The predicted molar refractivity (Wildman–Crippen MR) is 225 cm³/mol. The van der Waals surface area contributed by atoms with Crippen molar-refractivity contribution in [2.75, 3.05) is 0 Å². The molecule has 0 fully saturated rings. The molecule has 12 aromatic rings. The summed E-state index contributed by atoms with van der Waals surface area (Å²) in [6.45, 7) is 0. The zero-order valence-corrected chi connectivity index (χ0v) is 30.3. The van der Waals surface area contributed by atoms with Crippen LogP contribution >= 0.6 is 0 Å². The van der Waals surface area contributed by atoms with Crippen LogP contribution in [0.1, 0.15) is 11.1 Å². The van der Waals surface area contributed by atoms with E-state index in [2.05, 4.69) is 6.07 Å². The third kappa shape index (κ3) is 4.35. The summed E-state index contributed by atoms with van der Waals surface area (Å²) in [6.07, 6.45) is -4.89. The average molecular weight is 758 g/mol. The van der Waals surface area contributed by atoms with Gasteiger partial charge in [-0.1, -0.05) is 91.0 Å². The van der Waals surface area contributed by atoms with Crippen molar-refractivity contribution in [1.29, 1.82) is 5.26 Å². The van der Waals surface area contributed by atoms with E-state index in [0.29, 0.717) is 66.5 Å². The molecular weight excluding hydrogens is 732 g/mol. The Morgan fingerprint density at radius 3 is 1.60 bits per heavy atom. The number of aromatic nitrogens is 2. The number of hydrogen-bond acceptors (Lipinski definition) is 3. The molecule has 0 N–H and O–H groups in total. The second kappa shape index (κ2) is 11.6. The Bertz CT molecular complexity index is 3760. The second-order valence-electron chi connectivity index (χ2n) is 14.6. The number of nitriles is 1. The van der Waals surface area contributed by atoms with Gasteiger partial charge in [0.05, 0.1) is 55.8 Å². The molecule has 0 saturated heterocycles. The molecule has 0 aliphatic heterocycles. The molecule has 0 amide bonds. The summed E-state index contributed by atoms with van der Waals surface area (Å²) >= 11 is 0. The SMILES string of the molecule is N#Cc1cccc(-c2ccc(-n3c4ccccc4c4ccc5oc6ccccc6c5c43)c(C(F)(F)F)c2-n2c3ccccc3c3ccc4oc5ccccc5c4c32)c1. The highest BCUT2D eigenvalue weighted by Gasteiger charge is 2.41. The third-order valence-electron chi connectivity index (χ3n) is 11.6. The van der Waals surface area contributed by atoms with Crippen LogP contribution in [0.5, 0.6) is 0 Å². The van der Waals surface area contributed by atoms with E-state index >= 15 is 13.2 Å². The van der Waals surface area contributed by atoms with Gasteiger partial charge in [0.15, 0.2) is 0 Å². The van der Waals surface area contributed by atoms with Crippen molar-refractivity contribution in [3.8, 4) is 28.6 Å². The highest BCUT2D eigenvalue weighted by Crippen LogP contribution is 2.50. The molecule has 8 aromatic carbocycles. The van der Waals surface area contributed by atoms with Gasteiger partial charge in [0.1, 0.15) is 27.9 Å². The molecule has 8 heteroatoms. The van der Waals surface area contributed by atoms with Crippen LogP contribution in [0.25, 0.3) is 110 Å². The van der Waals surface area contributed by atoms with Crippen molar-refractivity contribution in [2.45, 2.75) is 6.18 Å². The Morgan fingerprint density at radius 1 is 0.483 bits per heavy atom. The molecule has 4 aromatic heterocycles. The van der Waals surface area contributed by atoms with Crippen LogP contribution in [0.2, 0.25) is 0 Å². The van der Waals surface area contributed by atoms with Crippen LogP contribution in [0, 0.1) is 11.3 Å². The van der Waals surface area contributed by atoms with Gasteiger partial charge in [-0.05, 0) is 72.3 Å². The van der Waals surface area contributed by atoms with Crippen LogP contribution < -0.4 is 0 Å². The highest BCUT2D eigenvalue weighted by molar-refractivity contribution is 6.26. The van der Waals surface area contributed by atoms with E-state index < -0.39 is 11.7 Å². The molecule has 4 heterocycles. The molecule has 0 spiro atoms. The van der Waals surface area contributed by atoms with Crippen LogP contribution in [-0.2, 0) is 6.18 Å².